The predicted molar refractivity (Wildman–Crippen MR) is 229 cm³/mol. The lowest BCUT2D eigenvalue weighted by Gasteiger charge is -2.10. The number of allylic oxidation sites excluding steroid dienone is 5. The van der Waals surface area contributed by atoms with E-state index in [1.165, 1.54) is 60.7 Å². The number of aryl methyl sites for hydroxylation is 4. The molecule has 3 aromatic carbocycles. The third-order valence-electron chi connectivity index (χ3n) is 7.80. The van der Waals surface area contributed by atoms with E-state index in [1.807, 2.05) is 44.3 Å². The van der Waals surface area contributed by atoms with Gasteiger partial charge in [-0.05, 0) is 123 Å². The smallest absolute Gasteiger partial charge is 0.119 e. The first kappa shape index (κ1) is 45.1. The van der Waals surface area contributed by atoms with Crippen molar-refractivity contribution in [3.05, 3.63) is 171 Å². The molecule has 4 aromatic rings. The Bertz CT molecular complexity index is 1670. The highest BCUT2D eigenvalue weighted by Gasteiger charge is 2.04. The van der Waals surface area contributed by atoms with Gasteiger partial charge in [0.05, 0.1) is 0 Å². The largest absolute Gasteiger partial charge is 0.303 e. The molecular weight excluding hydrogens is 662 g/mol. The standard InChI is InChI=1S/C19H27N.C14H13Cl.C11H14S.C3H6O/c1-7-19-16(6)11-17(13-20-19)12-18(15(4)5)10-8-9-14(2)3;1-2-11-3-5-12(6-4-11)13-7-9-14(15)10-8-13;1-9(2)12-8-11-6-4-10(3)5-7-11;1-2-3-4/h10-11,13H,2,4,7-9,12H2,1,3,5-6H3;3-10H,2H2,1H3;4-7H,1,8H2,2-3H3;3H,2H2,1H3/b18-10-;;;. The van der Waals surface area contributed by atoms with Crippen molar-refractivity contribution in [1.29, 1.82) is 0 Å². The van der Waals surface area contributed by atoms with E-state index in [1.54, 1.807) is 11.8 Å². The van der Waals surface area contributed by atoms with E-state index < -0.39 is 0 Å². The fraction of sp³-hybridized carbons (Fsp3) is 0.319. The van der Waals surface area contributed by atoms with Gasteiger partial charge in [0.15, 0.2) is 0 Å². The van der Waals surface area contributed by atoms with Gasteiger partial charge in [-0.3, -0.25) is 4.98 Å². The van der Waals surface area contributed by atoms with Gasteiger partial charge in [0.25, 0.3) is 0 Å². The van der Waals surface area contributed by atoms with Gasteiger partial charge in [-0.2, -0.15) is 0 Å². The third-order valence-corrected chi connectivity index (χ3v) is 9.02. The van der Waals surface area contributed by atoms with Gasteiger partial charge in [0.2, 0.25) is 0 Å². The van der Waals surface area contributed by atoms with Crippen molar-refractivity contribution in [3.8, 4) is 11.1 Å². The van der Waals surface area contributed by atoms with Crippen LogP contribution in [0.15, 0.2) is 132 Å². The van der Waals surface area contributed by atoms with Crippen LogP contribution in [0.3, 0.4) is 0 Å². The van der Waals surface area contributed by atoms with E-state index in [-0.39, 0.29) is 0 Å². The van der Waals surface area contributed by atoms with Crippen LogP contribution in [0.25, 0.3) is 11.1 Å². The van der Waals surface area contributed by atoms with E-state index in [4.69, 9.17) is 11.6 Å². The van der Waals surface area contributed by atoms with Crippen LogP contribution in [0, 0.1) is 13.8 Å². The molecule has 272 valence electrons. The fourth-order valence-corrected chi connectivity index (χ4v) is 5.44. The number of halogens is 1. The van der Waals surface area contributed by atoms with E-state index in [2.05, 4.69) is 127 Å². The molecule has 0 aliphatic carbocycles. The van der Waals surface area contributed by atoms with Gasteiger partial charge in [-0.15, -0.1) is 18.3 Å². The van der Waals surface area contributed by atoms with E-state index >= 15 is 0 Å². The Morgan fingerprint density at radius 2 is 1.33 bits per heavy atom. The van der Waals surface area contributed by atoms with Crippen molar-refractivity contribution < 1.29 is 4.79 Å². The molecule has 0 spiro atoms. The SMILES string of the molecule is C=C(C)CC/C=C(/Cc1cnc(CC)c(C)c1)C(=C)C.C=C(C)SCc1ccc(C)cc1.CCC=O.CCc1ccc(-c2ccc(Cl)cc2)cc1. The summed E-state index contributed by atoms with van der Waals surface area (Å²) in [5.41, 5.74) is 13.9. The highest BCUT2D eigenvalue weighted by molar-refractivity contribution is 8.02. The quantitative estimate of drug-likeness (QED) is 0.0782. The Kier molecular flexibility index (Phi) is 22.9. The van der Waals surface area contributed by atoms with Gasteiger partial charge in [-0.1, -0.05) is 135 Å². The van der Waals surface area contributed by atoms with Crippen molar-refractivity contribution in [3.63, 3.8) is 0 Å². The average molecular weight is 723 g/mol. The second-order valence-corrected chi connectivity index (χ2v) is 14.5. The molecule has 0 aliphatic rings. The van der Waals surface area contributed by atoms with Gasteiger partial charge in [0, 0.05) is 29.1 Å². The maximum absolute atomic E-state index is 9.17. The number of aldehydes is 1. The minimum atomic E-state index is 0.639. The Balaban J connectivity index is 0.000000373. The number of carbonyl (C=O) groups is 1. The summed E-state index contributed by atoms with van der Waals surface area (Å²) in [6.07, 6.45) is 10.9. The van der Waals surface area contributed by atoms with Gasteiger partial charge in [-0.25, -0.2) is 0 Å². The number of thioether (sulfide) groups is 1. The molecule has 0 saturated heterocycles. The number of aromatic nitrogens is 1. The molecule has 0 saturated carbocycles. The second-order valence-electron chi connectivity index (χ2n) is 12.8. The Morgan fingerprint density at radius 3 is 1.78 bits per heavy atom. The fourth-order valence-electron chi connectivity index (χ4n) is 4.70. The molecule has 1 aromatic heterocycles. The van der Waals surface area contributed by atoms with Crippen LogP contribution in [0.5, 0.6) is 0 Å². The summed E-state index contributed by atoms with van der Waals surface area (Å²) in [5, 5.41) is 0.781. The number of carbonyl (C=O) groups excluding carboxylic acids is 1. The van der Waals surface area contributed by atoms with Crippen LogP contribution in [-0.2, 0) is 29.8 Å². The number of pyridine rings is 1. The van der Waals surface area contributed by atoms with Crippen LogP contribution in [-0.4, -0.2) is 11.3 Å². The number of benzene rings is 3. The van der Waals surface area contributed by atoms with Crippen molar-refractivity contribution in [2.45, 2.75) is 99.7 Å². The normalized spacial score (nSPS) is 10.3. The molecule has 51 heavy (non-hydrogen) atoms. The van der Waals surface area contributed by atoms with Crippen molar-refractivity contribution in [2.75, 3.05) is 0 Å². The lowest BCUT2D eigenvalue weighted by molar-refractivity contribution is -0.107. The monoisotopic (exact) mass is 721 g/mol. The summed E-state index contributed by atoms with van der Waals surface area (Å²) in [6.45, 7) is 28.5. The summed E-state index contributed by atoms with van der Waals surface area (Å²) < 4.78 is 0. The molecular formula is C47H60ClNOS. The van der Waals surface area contributed by atoms with E-state index in [0.29, 0.717) is 6.42 Å². The van der Waals surface area contributed by atoms with Crippen LogP contribution in [0.1, 0.15) is 94.3 Å². The Morgan fingerprint density at radius 1 is 0.784 bits per heavy atom. The lowest BCUT2D eigenvalue weighted by Crippen LogP contribution is -1.98. The topological polar surface area (TPSA) is 30.0 Å². The molecule has 1 heterocycles. The Labute approximate surface area is 319 Å². The summed E-state index contributed by atoms with van der Waals surface area (Å²) in [6, 6.07) is 27.5. The summed E-state index contributed by atoms with van der Waals surface area (Å²) in [7, 11) is 0. The molecule has 0 aliphatic heterocycles. The van der Waals surface area contributed by atoms with E-state index in [9.17, 15) is 4.79 Å². The summed E-state index contributed by atoms with van der Waals surface area (Å²) in [5.74, 6) is 1.04. The zero-order valence-electron chi connectivity index (χ0n) is 32.5. The zero-order valence-corrected chi connectivity index (χ0v) is 34.0. The minimum Gasteiger partial charge on any atom is -0.303 e. The first-order valence-electron chi connectivity index (χ1n) is 17.9. The maximum Gasteiger partial charge on any atom is 0.119 e. The third kappa shape index (κ3) is 19.9. The molecule has 0 radical (unpaired) electrons. The molecule has 4 rings (SSSR count). The molecule has 4 heteroatoms. The highest BCUT2D eigenvalue weighted by Crippen LogP contribution is 2.22. The maximum atomic E-state index is 9.17. The molecule has 0 bridgehead atoms. The van der Waals surface area contributed by atoms with Crippen LogP contribution in [0.4, 0.5) is 0 Å². The second kappa shape index (κ2) is 25.9. The van der Waals surface area contributed by atoms with E-state index in [0.717, 1.165) is 54.7 Å². The minimum absolute atomic E-state index is 0.639. The Hall–Kier alpha value is -3.92. The molecule has 0 amide bonds. The van der Waals surface area contributed by atoms with Crippen LogP contribution in [0.2, 0.25) is 5.02 Å². The average Bonchev–Trinajstić information content (AvgIpc) is 3.12. The number of rotatable bonds is 13. The van der Waals surface area contributed by atoms with Crippen LogP contribution < -0.4 is 0 Å². The number of hydrogen-bond acceptors (Lipinski definition) is 3. The van der Waals surface area contributed by atoms with Gasteiger partial charge < -0.3 is 4.79 Å². The van der Waals surface area contributed by atoms with Gasteiger partial charge in [0.1, 0.15) is 6.29 Å². The summed E-state index contributed by atoms with van der Waals surface area (Å²) in [4.78, 5) is 14.9. The molecule has 0 fully saturated rings. The first-order chi connectivity index (χ1) is 24.3. The molecule has 0 unspecified atom stereocenters. The zero-order chi connectivity index (χ0) is 38.2. The molecule has 0 atom stereocenters. The number of nitrogens with zero attached hydrogens (tertiary/aromatic N) is 1. The molecule has 2 nitrogen and oxygen atoms in total. The predicted octanol–water partition coefficient (Wildman–Crippen LogP) is 14.3. The van der Waals surface area contributed by atoms with Crippen molar-refractivity contribution in [1.82, 2.24) is 4.98 Å². The number of hydrogen-bond donors (Lipinski definition) is 0. The highest BCUT2D eigenvalue weighted by atomic mass is 35.5. The van der Waals surface area contributed by atoms with Crippen molar-refractivity contribution >= 4 is 29.6 Å². The van der Waals surface area contributed by atoms with Crippen molar-refractivity contribution in [2.24, 2.45) is 0 Å². The van der Waals surface area contributed by atoms with Gasteiger partial charge >= 0.3 is 0 Å². The molecule has 0 N–H and O–H groups in total. The lowest BCUT2D eigenvalue weighted by atomic mass is 9.98. The van der Waals surface area contributed by atoms with Crippen LogP contribution >= 0.6 is 23.4 Å². The summed E-state index contributed by atoms with van der Waals surface area (Å²) >= 11 is 7.64. The first-order valence-corrected chi connectivity index (χ1v) is 19.3.